The van der Waals surface area contributed by atoms with Gasteiger partial charge in [-0.15, -0.1) is 0 Å². The Kier molecular flexibility index (Phi) is 5.12. The van der Waals surface area contributed by atoms with Crippen molar-refractivity contribution in [3.63, 3.8) is 0 Å². The molecule has 0 atom stereocenters. The molecule has 3 nitrogen and oxygen atoms in total. The zero-order valence-corrected chi connectivity index (χ0v) is 13.2. The summed E-state index contributed by atoms with van der Waals surface area (Å²) >= 11 is 0. The summed E-state index contributed by atoms with van der Waals surface area (Å²) in [7, 11) is 0. The summed E-state index contributed by atoms with van der Waals surface area (Å²) in [5.41, 5.74) is 7.78. The van der Waals surface area contributed by atoms with E-state index >= 15 is 0 Å². The first kappa shape index (κ1) is 15.4. The minimum absolute atomic E-state index is 0.563. The van der Waals surface area contributed by atoms with Crippen molar-refractivity contribution in [1.82, 2.24) is 0 Å². The molecule has 3 N–H and O–H groups in total. The minimum Gasteiger partial charge on any atom is -0.489 e. The van der Waals surface area contributed by atoms with Crippen molar-refractivity contribution in [2.24, 2.45) is 5.73 Å². The van der Waals surface area contributed by atoms with E-state index < -0.39 is 0 Å². The highest BCUT2D eigenvalue weighted by atomic mass is 16.5. The largest absolute Gasteiger partial charge is 0.489 e. The zero-order chi connectivity index (χ0) is 15.9. The average Bonchev–Trinajstić information content (AvgIpc) is 2.60. The molecule has 3 heteroatoms. The van der Waals surface area contributed by atoms with Crippen LogP contribution in [0, 0.1) is 0 Å². The van der Waals surface area contributed by atoms with Crippen LogP contribution in [-0.4, -0.2) is 13.1 Å². The van der Waals surface area contributed by atoms with Gasteiger partial charge in [-0.05, 0) is 41.4 Å². The highest BCUT2D eigenvalue weighted by Gasteiger charge is 2.02. The molecule has 0 aliphatic carbocycles. The number of fused-ring (bicyclic) bond motifs is 1. The maximum absolute atomic E-state index is 5.98. The molecule has 0 saturated carbocycles. The number of nitrogens with one attached hydrogen (secondary N) is 1. The van der Waals surface area contributed by atoms with Crippen molar-refractivity contribution in [1.29, 1.82) is 0 Å². The van der Waals surface area contributed by atoms with Gasteiger partial charge >= 0.3 is 0 Å². The van der Waals surface area contributed by atoms with E-state index in [2.05, 4.69) is 47.8 Å². The van der Waals surface area contributed by atoms with Gasteiger partial charge in [0.2, 0.25) is 0 Å². The van der Waals surface area contributed by atoms with Gasteiger partial charge in [0, 0.05) is 18.3 Å². The van der Waals surface area contributed by atoms with E-state index in [4.69, 9.17) is 10.5 Å². The lowest BCUT2D eigenvalue weighted by Crippen LogP contribution is -2.08. The third-order valence-corrected chi connectivity index (χ3v) is 3.82. The Labute approximate surface area is 137 Å². The summed E-state index contributed by atoms with van der Waals surface area (Å²) < 4.78 is 5.98. The summed E-state index contributed by atoms with van der Waals surface area (Å²) in [6, 6.07) is 22.8. The molecule has 0 fully saturated rings. The van der Waals surface area contributed by atoms with E-state index in [9.17, 15) is 0 Å². The maximum atomic E-state index is 5.98. The van der Waals surface area contributed by atoms with Gasteiger partial charge in [0.25, 0.3) is 0 Å². The van der Waals surface area contributed by atoms with Crippen LogP contribution in [-0.2, 0) is 6.61 Å². The van der Waals surface area contributed by atoms with Gasteiger partial charge in [0.1, 0.15) is 12.4 Å². The number of hydrogen-bond donors (Lipinski definition) is 2. The Balaban J connectivity index is 1.69. The zero-order valence-electron chi connectivity index (χ0n) is 13.2. The van der Waals surface area contributed by atoms with Gasteiger partial charge in [-0.1, -0.05) is 48.5 Å². The summed E-state index contributed by atoms with van der Waals surface area (Å²) in [5, 5.41) is 5.84. The maximum Gasteiger partial charge on any atom is 0.121 e. The Morgan fingerprint density at radius 3 is 2.65 bits per heavy atom. The van der Waals surface area contributed by atoms with Crippen molar-refractivity contribution in [3.8, 4) is 5.75 Å². The number of rotatable bonds is 7. The van der Waals surface area contributed by atoms with E-state index in [1.807, 2.05) is 24.3 Å². The summed E-state index contributed by atoms with van der Waals surface area (Å²) in [5.74, 6) is 0.871. The fraction of sp³-hybridized carbons (Fsp3) is 0.200. The van der Waals surface area contributed by atoms with Crippen molar-refractivity contribution in [2.75, 3.05) is 18.4 Å². The minimum atomic E-state index is 0.563. The van der Waals surface area contributed by atoms with Crippen molar-refractivity contribution in [2.45, 2.75) is 13.0 Å². The first-order chi connectivity index (χ1) is 11.4. The van der Waals surface area contributed by atoms with E-state index in [0.29, 0.717) is 13.2 Å². The van der Waals surface area contributed by atoms with Crippen LogP contribution in [0.1, 0.15) is 12.0 Å². The quantitative estimate of drug-likeness (QED) is 0.644. The molecule has 3 aromatic carbocycles. The first-order valence-corrected chi connectivity index (χ1v) is 8.00. The van der Waals surface area contributed by atoms with Gasteiger partial charge in [0.15, 0.2) is 0 Å². The molecular weight excluding hydrogens is 284 g/mol. The number of anilines is 1. The highest BCUT2D eigenvalue weighted by Crippen LogP contribution is 2.22. The highest BCUT2D eigenvalue weighted by molar-refractivity contribution is 5.85. The predicted molar refractivity (Wildman–Crippen MR) is 96.9 cm³/mol. The second-order valence-electron chi connectivity index (χ2n) is 5.52. The normalized spacial score (nSPS) is 10.7. The van der Waals surface area contributed by atoms with Crippen LogP contribution >= 0.6 is 0 Å². The molecule has 0 spiro atoms. The summed E-state index contributed by atoms with van der Waals surface area (Å²) in [4.78, 5) is 0. The lowest BCUT2D eigenvalue weighted by atomic mass is 10.1. The lowest BCUT2D eigenvalue weighted by Gasteiger charge is -2.11. The summed E-state index contributed by atoms with van der Waals surface area (Å²) in [6.45, 7) is 2.14. The van der Waals surface area contributed by atoms with E-state index in [1.165, 1.54) is 16.3 Å². The van der Waals surface area contributed by atoms with Crippen LogP contribution in [0.15, 0.2) is 66.7 Å². The molecule has 118 valence electrons. The molecule has 0 saturated heterocycles. The number of benzene rings is 3. The third kappa shape index (κ3) is 4.02. The van der Waals surface area contributed by atoms with Crippen molar-refractivity contribution >= 4 is 16.5 Å². The molecule has 0 aliphatic heterocycles. The summed E-state index contributed by atoms with van der Waals surface area (Å²) in [6.07, 6.45) is 0.959. The molecule has 3 rings (SSSR count). The van der Waals surface area contributed by atoms with Gasteiger partial charge < -0.3 is 15.8 Å². The average molecular weight is 306 g/mol. The molecule has 0 bridgehead atoms. The van der Waals surface area contributed by atoms with E-state index in [0.717, 1.165) is 24.4 Å². The smallest absolute Gasteiger partial charge is 0.121 e. The van der Waals surface area contributed by atoms with Crippen molar-refractivity contribution < 1.29 is 4.74 Å². The molecule has 0 unspecified atom stereocenters. The second-order valence-corrected chi connectivity index (χ2v) is 5.52. The first-order valence-electron chi connectivity index (χ1n) is 8.00. The molecule has 0 aliphatic rings. The number of hydrogen-bond acceptors (Lipinski definition) is 3. The number of ether oxygens (including phenoxy) is 1. The molecule has 23 heavy (non-hydrogen) atoms. The van der Waals surface area contributed by atoms with Gasteiger partial charge in [-0.2, -0.15) is 0 Å². The fourth-order valence-electron chi connectivity index (χ4n) is 2.61. The lowest BCUT2D eigenvalue weighted by molar-refractivity contribution is 0.308. The SMILES string of the molecule is NCCCNc1cccc(OCc2cccc3ccccc23)c1. The van der Waals surface area contributed by atoms with Crippen molar-refractivity contribution in [3.05, 3.63) is 72.3 Å². The van der Waals surface area contributed by atoms with Gasteiger partial charge in [-0.25, -0.2) is 0 Å². The fourth-order valence-corrected chi connectivity index (χ4v) is 2.61. The van der Waals surface area contributed by atoms with Gasteiger partial charge in [-0.3, -0.25) is 0 Å². The van der Waals surface area contributed by atoms with Crippen LogP contribution in [0.25, 0.3) is 10.8 Å². The molecule has 3 aromatic rings. The van der Waals surface area contributed by atoms with Gasteiger partial charge in [0.05, 0.1) is 0 Å². The predicted octanol–water partition coefficient (Wildman–Crippen LogP) is 4.18. The third-order valence-electron chi connectivity index (χ3n) is 3.82. The molecule has 0 radical (unpaired) electrons. The Hall–Kier alpha value is -2.52. The molecule has 0 heterocycles. The Morgan fingerprint density at radius 2 is 1.74 bits per heavy atom. The second kappa shape index (κ2) is 7.65. The van der Waals surface area contributed by atoms with Crippen LogP contribution in [0.3, 0.4) is 0 Å². The topological polar surface area (TPSA) is 47.3 Å². The standard InChI is InChI=1S/C20H22N2O/c21-12-5-13-22-18-9-4-10-19(14-18)23-15-17-8-3-7-16-6-1-2-11-20(16)17/h1-4,6-11,14,22H,5,12-13,15,21H2. The Morgan fingerprint density at radius 1 is 0.913 bits per heavy atom. The molecule has 0 amide bonds. The van der Waals surface area contributed by atoms with Crippen LogP contribution in [0.2, 0.25) is 0 Å². The monoisotopic (exact) mass is 306 g/mol. The van der Waals surface area contributed by atoms with Crippen LogP contribution in [0.4, 0.5) is 5.69 Å². The Bertz CT molecular complexity index is 765. The van der Waals surface area contributed by atoms with Crippen LogP contribution in [0.5, 0.6) is 5.75 Å². The molecule has 0 aromatic heterocycles. The van der Waals surface area contributed by atoms with Crippen LogP contribution < -0.4 is 15.8 Å². The number of nitrogens with two attached hydrogens (primary N) is 1. The molecular formula is C20H22N2O. The van der Waals surface area contributed by atoms with E-state index in [1.54, 1.807) is 0 Å². The van der Waals surface area contributed by atoms with E-state index in [-0.39, 0.29) is 0 Å².